The summed E-state index contributed by atoms with van der Waals surface area (Å²) in [6.45, 7) is 0.154. The number of carboxylic acid groups (broad SMARTS) is 1. The number of amides is 3. The molecule has 13 heteroatoms. The standard InChI is InChI=1S/C27H22ClN7O5/c28-19-8-11-21(35-16-29-31-32-35)22(15-19)33-12-13-34(26(38)25(33)37)23(14-17-4-2-1-3-5-17)24(36)30-20-9-6-18(7-10-20)27(39)40/h1-11,15-16,23H,12-14H2,(H,30,36)(H,39,40)/t23-/m0/s1. The van der Waals surface area contributed by atoms with Gasteiger partial charge in [0.05, 0.1) is 16.9 Å². The van der Waals surface area contributed by atoms with Crippen LogP contribution in [0.4, 0.5) is 11.4 Å². The molecule has 1 aliphatic rings. The lowest BCUT2D eigenvalue weighted by Crippen LogP contribution is -2.60. The van der Waals surface area contributed by atoms with Gasteiger partial charge in [0.2, 0.25) is 5.91 Å². The average Bonchev–Trinajstić information content (AvgIpc) is 3.49. The Bertz CT molecular complexity index is 1560. The number of tetrazole rings is 1. The SMILES string of the molecule is O=C(O)c1ccc(NC(=O)[C@H](Cc2ccccc2)N2CCN(c3cc(Cl)ccc3-n3cnnn3)C(=O)C2=O)cc1. The van der Waals surface area contributed by atoms with Crippen molar-refractivity contribution >= 4 is 46.7 Å². The third-order valence-electron chi connectivity index (χ3n) is 6.43. The number of nitrogens with zero attached hydrogens (tertiary/aromatic N) is 6. The molecule has 3 aromatic carbocycles. The smallest absolute Gasteiger partial charge is 0.335 e. The van der Waals surface area contributed by atoms with Gasteiger partial charge in [-0.05, 0) is 58.5 Å². The molecule has 40 heavy (non-hydrogen) atoms. The highest BCUT2D eigenvalue weighted by Crippen LogP contribution is 2.30. The van der Waals surface area contributed by atoms with Gasteiger partial charge in [-0.15, -0.1) is 5.10 Å². The highest BCUT2D eigenvalue weighted by Gasteiger charge is 2.40. The first-order valence-corrected chi connectivity index (χ1v) is 12.5. The van der Waals surface area contributed by atoms with Crippen LogP contribution in [-0.4, -0.2) is 73.0 Å². The van der Waals surface area contributed by atoms with E-state index >= 15 is 0 Å². The molecule has 4 aromatic rings. The van der Waals surface area contributed by atoms with Crippen molar-refractivity contribution in [1.29, 1.82) is 0 Å². The summed E-state index contributed by atoms with van der Waals surface area (Å²) in [5.74, 6) is -3.30. The molecule has 1 atom stereocenters. The summed E-state index contributed by atoms with van der Waals surface area (Å²) >= 11 is 6.22. The van der Waals surface area contributed by atoms with E-state index in [-0.39, 0.29) is 25.1 Å². The molecule has 0 spiro atoms. The van der Waals surface area contributed by atoms with Gasteiger partial charge in [0.1, 0.15) is 12.4 Å². The Labute approximate surface area is 232 Å². The van der Waals surface area contributed by atoms with Gasteiger partial charge in [-0.2, -0.15) is 4.68 Å². The number of carbonyl (C=O) groups is 4. The van der Waals surface area contributed by atoms with Crippen LogP contribution in [0.1, 0.15) is 15.9 Å². The Balaban J connectivity index is 1.42. The lowest BCUT2D eigenvalue weighted by atomic mass is 10.0. The van der Waals surface area contributed by atoms with Gasteiger partial charge in [0.15, 0.2) is 0 Å². The number of aromatic carboxylic acids is 1. The number of hydrogen-bond acceptors (Lipinski definition) is 7. The number of anilines is 2. The number of carbonyl (C=O) groups excluding carboxylic acids is 3. The second kappa shape index (κ2) is 11.3. The predicted octanol–water partition coefficient (Wildman–Crippen LogP) is 2.44. The summed E-state index contributed by atoms with van der Waals surface area (Å²) in [7, 11) is 0. The second-order valence-corrected chi connectivity index (χ2v) is 9.36. The van der Waals surface area contributed by atoms with Crippen LogP contribution in [-0.2, 0) is 20.8 Å². The number of rotatable bonds is 8. The van der Waals surface area contributed by atoms with E-state index in [1.807, 2.05) is 30.3 Å². The Morgan fingerprint density at radius 3 is 2.38 bits per heavy atom. The minimum absolute atomic E-state index is 0.0645. The van der Waals surface area contributed by atoms with Crippen molar-refractivity contribution in [3.05, 3.63) is 95.3 Å². The zero-order valence-electron chi connectivity index (χ0n) is 20.8. The third-order valence-corrected chi connectivity index (χ3v) is 6.66. The molecule has 0 radical (unpaired) electrons. The van der Waals surface area contributed by atoms with Crippen molar-refractivity contribution in [3.8, 4) is 5.69 Å². The fourth-order valence-electron chi connectivity index (χ4n) is 4.46. The Morgan fingerprint density at radius 2 is 1.70 bits per heavy atom. The molecule has 1 aliphatic heterocycles. The van der Waals surface area contributed by atoms with E-state index in [1.165, 1.54) is 45.1 Å². The lowest BCUT2D eigenvalue weighted by molar-refractivity contribution is -0.149. The number of nitrogens with one attached hydrogen (secondary N) is 1. The largest absolute Gasteiger partial charge is 0.478 e. The molecule has 0 saturated carbocycles. The van der Waals surface area contributed by atoms with E-state index in [1.54, 1.807) is 18.2 Å². The molecule has 0 bridgehead atoms. The van der Waals surface area contributed by atoms with Gasteiger partial charge >= 0.3 is 17.8 Å². The zero-order valence-corrected chi connectivity index (χ0v) is 21.6. The summed E-state index contributed by atoms with van der Waals surface area (Å²) < 4.78 is 1.36. The van der Waals surface area contributed by atoms with Crippen LogP contribution in [0, 0.1) is 0 Å². The van der Waals surface area contributed by atoms with Crippen molar-refractivity contribution < 1.29 is 24.3 Å². The fourth-order valence-corrected chi connectivity index (χ4v) is 4.62. The van der Waals surface area contributed by atoms with Crippen LogP contribution in [0.3, 0.4) is 0 Å². The molecule has 5 rings (SSSR count). The molecule has 1 aromatic heterocycles. The Hall–Kier alpha value is -5.10. The average molecular weight is 560 g/mol. The predicted molar refractivity (Wildman–Crippen MR) is 144 cm³/mol. The summed E-state index contributed by atoms with van der Waals surface area (Å²) in [6.07, 6.45) is 1.52. The first kappa shape index (κ1) is 26.5. The normalized spacial score (nSPS) is 14.2. The van der Waals surface area contributed by atoms with E-state index in [9.17, 15) is 19.2 Å². The quantitative estimate of drug-likeness (QED) is 0.312. The van der Waals surface area contributed by atoms with Crippen LogP contribution in [0.5, 0.6) is 0 Å². The summed E-state index contributed by atoms with van der Waals surface area (Å²) in [6, 6.07) is 18.6. The molecule has 3 amide bonds. The molecule has 0 unspecified atom stereocenters. The molecule has 2 N–H and O–H groups in total. The van der Waals surface area contributed by atoms with Crippen LogP contribution >= 0.6 is 11.6 Å². The molecule has 1 fully saturated rings. The van der Waals surface area contributed by atoms with Gasteiger partial charge in [-0.1, -0.05) is 41.9 Å². The van der Waals surface area contributed by atoms with Crippen molar-refractivity contribution in [3.63, 3.8) is 0 Å². The van der Waals surface area contributed by atoms with Crippen LogP contribution < -0.4 is 10.2 Å². The van der Waals surface area contributed by atoms with Crippen molar-refractivity contribution in [2.45, 2.75) is 12.5 Å². The Kier molecular flexibility index (Phi) is 7.51. The Morgan fingerprint density at radius 1 is 0.950 bits per heavy atom. The molecule has 1 saturated heterocycles. The summed E-state index contributed by atoms with van der Waals surface area (Å²) in [5, 5.41) is 23.4. The minimum Gasteiger partial charge on any atom is -0.478 e. The van der Waals surface area contributed by atoms with Crippen molar-refractivity contribution in [1.82, 2.24) is 25.1 Å². The third kappa shape index (κ3) is 5.52. The van der Waals surface area contributed by atoms with Crippen LogP contribution in [0.15, 0.2) is 79.1 Å². The van der Waals surface area contributed by atoms with Crippen molar-refractivity contribution in [2.75, 3.05) is 23.3 Å². The molecule has 12 nitrogen and oxygen atoms in total. The van der Waals surface area contributed by atoms with Crippen LogP contribution in [0.2, 0.25) is 5.02 Å². The minimum atomic E-state index is -1.09. The number of piperazine rings is 1. The van der Waals surface area contributed by atoms with E-state index in [0.717, 1.165) is 5.56 Å². The highest BCUT2D eigenvalue weighted by atomic mass is 35.5. The summed E-state index contributed by atoms with van der Waals surface area (Å²) in [4.78, 5) is 54.2. The highest BCUT2D eigenvalue weighted by molar-refractivity contribution is 6.41. The number of hydrogen-bond donors (Lipinski definition) is 2. The van der Waals surface area contributed by atoms with E-state index in [4.69, 9.17) is 16.7 Å². The number of carboxylic acids is 1. The second-order valence-electron chi connectivity index (χ2n) is 8.92. The van der Waals surface area contributed by atoms with Gasteiger partial charge in [0.25, 0.3) is 0 Å². The van der Waals surface area contributed by atoms with Crippen LogP contribution in [0.25, 0.3) is 5.69 Å². The maximum atomic E-state index is 13.5. The molecular weight excluding hydrogens is 538 g/mol. The number of halogens is 1. The van der Waals surface area contributed by atoms with Gasteiger partial charge < -0.3 is 20.2 Å². The number of aromatic nitrogens is 4. The van der Waals surface area contributed by atoms with E-state index in [2.05, 4.69) is 20.8 Å². The van der Waals surface area contributed by atoms with E-state index < -0.39 is 29.7 Å². The maximum absolute atomic E-state index is 13.5. The first-order chi connectivity index (χ1) is 19.3. The maximum Gasteiger partial charge on any atom is 0.335 e. The van der Waals surface area contributed by atoms with E-state index in [0.29, 0.717) is 22.1 Å². The monoisotopic (exact) mass is 559 g/mol. The zero-order chi connectivity index (χ0) is 28.2. The molecular formula is C27H22ClN7O5. The topological polar surface area (TPSA) is 151 Å². The number of benzene rings is 3. The lowest BCUT2D eigenvalue weighted by Gasteiger charge is -2.38. The van der Waals surface area contributed by atoms with Gasteiger partial charge in [-0.25, -0.2) is 4.79 Å². The molecule has 2 heterocycles. The summed E-state index contributed by atoms with van der Waals surface area (Å²) in [5.41, 5.74) is 2.02. The molecule has 202 valence electrons. The van der Waals surface area contributed by atoms with Gasteiger partial charge in [-0.3, -0.25) is 14.4 Å². The first-order valence-electron chi connectivity index (χ1n) is 12.2. The van der Waals surface area contributed by atoms with Gasteiger partial charge in [0, 0.05) is 30.2 Å². The molecule has 0 aliphatic carbocycles. The van der Waals surface area contributed by atoms with Crippen molar-refractivity contribution in [2.24, 2.45) is 0 Å². The fraction of sp³-hybridized carbons (Fsp3) is 0.148.